The summed E-state index contributed by atoms with van der Waals surface area (Å²) in [7, 11) is -0.723. The highest BCUT2D eigenvalue weighted by molar-refractivity contribution is 7.91. The van der Waals surface area contributed by atoms with Crippen LogP contribution < -0.4 is 9.47 Å². The molecule has 0 amide bonds. The summed E-state index contributed by atoms with van der Waals surface area (Å²) in [4.78, 5) is 0.0476. The average molecular weight is 269 g/mol. The molecule has 0 saturated heterocycles. The van der Waals surface area contributed by atoms with Crippen molar-refractivity contribution in [2.24, 2.45) is 5.92 Å². The average Bonchev–Trinajstić information content (AvgIpc) is 2.37. The van der Waals surface area contributed by atoms with Gasteiger partial charge >= 0.3 is 0 Å². The molecule has 0 aliphatic rings. The summed E-state index contributed by atoms with van der Waals surface area (Å²) in [6.07, 6.45) is 0. The second-order valence-electron chi connectivity index (χ2n) is 3.83. The maximum Gasteiger partial charge on any atom is 0.183 e. The van der Waals surface area contributed by atoms with Crippen molar-refractivity contribution in [2.75, 3.05) is 20.0 Å². The molecule has 0 fully saturated rings. The van der Waals surface area contributed by atoms with Crippen molar-refractivity contribution in [1.29, 1.82) is 5.26 Å². The first-order valence-electron chi connectivity index (χ1n) is 5.29. The first kappa shape index (κ1) is 14.3. The van der Waals surface area contributed by atoms with Crippen molar-refractivity contribution >= 4 is 9.84 Å². The van der Waals surface area contributed by atoms with Crippen LogP contribution in [0, 0.1) is 17.2 Å². The predicted octanol–water partition coefficient (Wildman–Crippen LogP) is 1.64. The third-order valence-electron chi connectivity index (χ3n) is 2.40. The van der Waals surface area contributed by atoms with Crippen LogP contribution in [0.3, 0.4) is 0 Å². The maximum atomic E-state index is 12.2. The van der Waals surface area contributed by atoms with Gasteiger partial charge in [-0.05, 0) is 19.1 Å². The van der Waals surface area contributed by atoms with Crippen molar-refractivity contribution in [1.82, 2.24) is 0 Å². The van der Waals surface area contributed by atoms with Gasteiger partial charge in [-0.15, -0.1) is 0 Å². The molecule has 0 heterocycles. The molecular formula is C12H15NO4S. The maximum absolute atomic E-state index is 12.2. The lowest BCUT2D eigenvalue weighted by atomic mass is 10.3. The van der Waals surface area contributed by atoms with E-state index in [4.69, 9.17) is 14.7 Å². The lowest BCUT2D eigenvalue weighted by Crippen LogP contribution is -2.14. The molecular weight excluding hydrogens is 254 g/mol. The summed E-state index contributed by atoms with van der Waals surface area (Å²) in [5, 5.41) is 8.70. The molecule has 5 nitrogen and oxygen atoms in total. The van der Waals surface area contributed by atoms with Gasteiger partial charge in [-0.1, -0.05) is 0 Å². The Balaban J connectivity index is 3.26. The molecule has 0 aliphatic heterocycles. The van der Waals surface area contributed by atoms with Gasteiger partial charge in [0.05, 0.1) is 32.0 Å². The minimum absolute atomic E-state index is 0.0476. The number of ether oxygens (including phenoxy) is 2. The number of hydrogen-bond donors (Lipinski definition) is 0. The molecule has 1 aromatic carbocycles. The lowest BCUT2D eigenvalue weighted by Gasteiger charge is -2.11. The summed E-state index contributed by atoms with van der Waals surface area (Å²) in [5.41, 5.74) is 0. The van der Waals surface area contributed by atoms with Crippen LogP contribution in [0.2, 0.25) is 0 Å². The van der Waals surface area contributed by atoms with E-state index in [2.05, 4.69) is 0 Å². The Labute approximate surface area is 107 Å². The summed E-state index contributed by atoms with van der Waals surface area (Å²) in [6.45, 7) is 1.56. The van der Waals surface area contributed by atoms with E-state index in [-0.39, 0.29) is 16.4 Å². The van der Waals surface area contributed by atoms with Crippen LogP contribution in [0.15, 0.2) is 23.1 Å². The summed E-state index contributed by atoms with van der Waals surface area (Å²) < 4.78 is 34.3. The molecule has 18 heavy (non-hydrogen) atoms. The Kier molecular flexibility index (Phi) is 4.56. The second kappa shape index (κ2) is 5.74. The van der Waals surface area contributed by atoms with Crippen LogP contribution in [0.4, 0.5) is 0 Å². The number of nitriles is 1. The summed E-state index contributed by atoms with van der Waals surface area (Å²) in [5.74, 6) is -0.140. The molecule has 1 aromatic rings. The van der Waals surface area contributed by atoms with Crippen LogP contribution in [0.25, 0.3) is 0 Å². The van der Waals surface area contributed by atoms with Gasteiger partial charge in [0.25, 0.3) is 0 Å². The molecule has 0 spiro atoms. The quantitative estimate of drug-likeness (QED) is 0.812. The number of sulfone groups is 1. The van der Waals surface area contributed by atoms with Gasteiger partial charge in [-0.3, -0.25) is 0 Å². The van der Waals surface area contributed by atoms with Crippen LogP contribution >= 0.6 is 0 Å². The van der Waals surface area contributed by atoms with Crippen LogP contribution in [-0.2, 0) is 9.84 Å². The van der Waals surface area contributed by atoms with Gasteiger partial charge < -0.3 is 9.47 Å². The molecule has 1 unspecified atom stereocenters. The van der Waals surface area contributed by atoms with E-state index in [1.807, 2.05) is 6.07 Å². The van der Waals surface area contributed by atoms with E-state index < -0.39 is 15.8 Å². The van der Waals surface area contributed by atoms with Crippen molar-refractivity contribution in [3.8, 4) is 17.6 Å². The Morgan fingerprint density at radius 2 is 2.00 bits per heavy atom. The third kappa shape index (κ3) is 3.14. The number of rotatable bonds is 5. The zero-order valence-electron chi connectivity index (χ0n) is 10.5. The van der Waals surface area contributed by atoms with E-state index in [9.17, 15) is 8.42 Å². The minimum Gasteiger partial charge on any atom is -0.497 e. The first-order chi connectivity index (χ1) is 8.44. The normalized spacial score (nSPS) is 12.6. The van der Waals surface area contributed by atoms with Crippen LogP contribution in [-0.4, -0.2) is 28.4 Å². The van der Waals surface area contributed by atoms with E-state index in [0.717, 1.165) is 0 Å². The van der Waals surface area contributed by atoms with Gasteiger partial charge in [0.2, 0.25) is 0 Å². The van der Waals surface area contributed by atoms with Crippen LogP contribution in [0.5, 0.6) is 11.5 Å². The first-order valence-corrected chi connectivity index (χ1v) is 6.94. The molecule has 0 bridgehead atoms. The highest BCUT2D eigenvalue weighted by atomic mass is 32.2. The molecule has 98 valence electrons. The fraction of sp³-hybridized carbons (Fsp3) is 0.417. The molecule has 1 atom stereocenters. The Morgan fingerprint density at radius 3 is 2.50 bits per heavy atom. The molecule has 0 aromatic heterocycles. The number of benzene rings is 1. The van der Waals surface area contributed by atoms with Crippen LogP contribution in [0.1, 0.15) is 6.92 Å². The third-order valence-corrected chi connectivity index (χ3v) is 4.32. The van der Waals surface area contributed by atoms with Gasteiger partial charge in [-0.25, -0.2) is 8.42 Å². The molecule has 0 aliphatic carbocycles. The Hall–Kier alpha value is -1.74. The number of hydrogen-bond acceptors (Lipinski definition) is 5. The fourth-order valence-electron chi connectivity index (χ4n) is 1.48. The minimum atomic E-state index is -3.57. The van der Waals surface area contributed by atoms with Crippen molar-refractivity contribution in [2.45, 2.75) is 11.8 Å². The molecule has 0 saturated carbocycles. The molecule has 0 N–H and O–H groups in total. The van der Waals surface area contributed by atoms with Gasteiger partial charge in [-0.2, -0.15) is 5.26 Å². The largest absolute Gasteiger partial charge is 0.497 e. The zero-order valence-corrected chi connectivity index (χ0v) is 11.3. The van der Waals surface area contributed by atoms with E-state index in [1.165, 1.54) is 26.4 Å². The monoisotopic (exact) mass is 269 g/mol. The van der Waals surface area contributed by atoms with E-state index in [0.29, 0.717) is 5.75 Å². The van der Waals surface area contributed by atoms with Crippen molar-refractivity contribution < 1.29 is 17.9 Å². The number of methoxy groups -OCH3 is 2. The summed E-state index contributed by atoms with van der Waals surface area (Å²) >= 11 is 0. The van der Waals surface area contributed by atoms with Crippen molar-refractivity contribution in [3.05, 3.63) is 18.2 Å². The summed E-state index contributed by atoms with van der Waals surface area (Å²) in [6, 6.07) is 6.45. The van der Waals surface area contributed by atoms with Gasteiger partial charge in [0.15, 0.2) is 9.84 Å². The Morgan fingerprint density at radius 1 is 1.33 bits per heavy atom. The topological polar surface area (TPSA) is 76.4 Å². The van der Waals surface area contributed by atoms with E-state index >= 15 is 0 Å². The highest BCUT2D eigenvalue weighted by Gasteiger charge is 2.23. The highest BCUT2D eigenvalue weighted by Crippen LogP contribution is 2.29. The SMILES string of the molecule is COc1ccc(OC)c(S(=O)(=O)CC(C)C#N)c1. The number of nitrogens with zero attached hydrogens (tertiary/aromatic N) is 1. The smallest absolute Gasteiger partial charge is 0.183 e. The van der Waals surface area contributed by atoms with Gasteiger partial charge in [0, 0.05) is 6.07 Å². The molecule has 6 heteroatoms. The second-order valence-corrected chi connectivity index (χ2v) is 5.83. The van der Waals surface area contributed by atoms with Gasteiger partial charge in [0.1, 0.15) is 16.4 Å². The lowest BCUT2D eigenvalue weighted by molar-refractivity contribution is 0.392. The van der Waals surface area contributed by atoms with Crippen molar-refractivity contribution in [3.63, 3.8) is 0 Å². The standard InChI is InChI=1S/C12H15NO4S/c1-9(7-13)8-18(14,15)12-6-10(16-2)4-5-11(12)17-3/h4-6,9H,8H2,1-3H3. The van der Waals surface area contributed by atoms with E-state index in [1.54, 1.807) is 13.0 Å². The molecule has 0 radical (unpaired) electrons. The fourth-order valence-corrected chi connectivity index (χ4v) is 3.15. The predicted molar refractivity (Wildman–Crippen MR) is 66.4 cm³/mol. The zero-order chi connectivity index (χ0) is 13.8. The molecule has 1 rings (SSSR count). The Bertz CT molecular complexity index is 560.